The van der Waals surface area contributed by atoms with Crippen molar-refractivity contribution in [2.75, 3.05) is 0 Å². The van der Waals surface area contributed by atoms with E-state index >= 15 is 0 Å². The maximum atomic E-state index is 12.0. The Morgan fingerprint density at radius 1 is 1.10 bits per heavy atom. The van der Waals surface area contributed by atoms with Gasteiger partial charge in [-0.15, -0.1) is 14.9 Å². The molecule has 0 aliphatic rings. The number of hydrogen-bond donors (Lipinski definition) is 1. The van der Waals surface area contributed by atoms with Gasteiger partial charge in [0.25, 0.3) is 5.56 Å². The third-order valence-corrected chi connectivity index (χ3v) is 2.88. The van der Waals surface area contributed by atoms with Gasteiger partial charge in [0.05, 0.1) is 0 Å². The Morgan fingerprint density at radius 3 is 2.50 bits per heavy atom. The fraction of sp³-hybridized carbons (Fsp3) is 0.0833. The van der Waals surface area contributed by atoms with Crippen LogP contribution in [0.2, 0.25) is 0 Å². The zero-order chi connectivity index (χ0) is 14.3. The van der Waals surface area contributed by atoms with E-state index in [-0.39, 0.29) is 21.7 Å². The van der Waals surface area contributed by atoms with Gasteiger partial charge in [-0.05, 0) is 0 Å². The molecule has 100 valence electrons. The Labute approximate surface area is 111 Å². The van der Waals surface area contributed by atoms with E-state index in [0.29, 0.717) is 5.56 Å². The predicted octanol–water partition coefficient (Wildman–Crippen LogP) is -0.211. The molecule has 0 aliphatic heterocycles. The summed E-state index contributed by atoms with van der Waals surface area (Å²) < 4.78 is 1.01. The maximum absolute atomic E-state index is 12.0. The summed E-state index contributed by atoms with van der Waals surface area (Å²) in [5, 5.41) is 17.2. The second kappa shape index (κ2) is 4.26. The topological polar surface area (TPSA) is 103 Å². The Hall–Kier alpha value is -3.03. The van der Waals surface area contributed by atoms with Crippen LogP contribution in [0.3, 0.4) is 0 Å². The molecule has 3 rings (SSSR count). The van der Waals surface area contributed by atoms with Crippen molar-refractivity contribution in [1.29, 1.82) is 0 Å². The average Bonchev–Trinajstić information content (AvgIpc) is 2.51. The predicted molar refractivity (Wildman–Crippen MR) is 69.5 cm³/mol. The molecule has 0 aliphatic carbocycles. The van der Waals surface area contributed by atoms with Crippen LogP contribution in [0.25, 0.3) is 22.6 Å². The van der Waals surface area contributed by atoms with E-state index in [0.717, 1.165) is 4.57 Å². The highest BCUT2D eigenvalue weighted by atomic mass is 16.5. The largest absolute Gasteiger partial charge is 0.422 e. The summed E-state index contributed by atoms with van der Waals surface area (Å²) >= 11 is 0. The molecule has 0 atom stereocenters. The summed E-state index contributed by atoms with van der Waals surface area (Å²) in [7, 11) is 1.25. The van der Waals surface area contributed by atoms with Gasteiger partial charge >= 0.3 is 5.69 Å². The summed E-state index contributed by atoms with van der Waals surface area (Å²) in [6.07, 6.45) is 0. The van der Waals surface area contributed by atoms with Crippen molar-refractivity contribution >= 4 is 11.2 Å². The van der Waals surface area contributed by atoms with Crippen molar-refractivity contribution in [3.8, 4) is 11.4 Å². The highest BCUT2D eigenvalue weighted by Gasteiger charge is 2.14. The molecule has 0 radical (unpaired) electrons. The summed E-state index contributed by atoms with van der Waals surface area (Å²) in [5.74, 6) is 0.244. The van der Waals surface area contributed by atoms with Crippen LogP contribution in [-0.2, 0) is 7.05 Å². The van der Waals surface area contributed by atoms with Crippen LogP contribution in [0.1, 0.15) is 0 Å². The Kier molecular flexibility index (Phi) is 2.56. The molecular weight excluding hydrogens is 262 g/mol. The Morgan fingerprint density at radius 2 is 1.80 bits per heavy atom. The number of fused-ring (bicyclic) bond motifs is 1. The first kappa shape index (κ1) is 12.0. The molecule has 0 spiro atoms. The molecule has 8 heteroatoms. The van der Waals surface area contributed by atoms with Crippen LogP contribution in [0.5, 0.6) is 0 Å². The van der Waals surface area contributed by atoms with E-state index in [2.05, 4.69) is 15.2 Å². The maximum Gasteiger partial charge on any atom is 0.365 e. The molecule has 1 aromatic carbocycles. The minimum atomic E-state index is -0.897. The first-order chi connectivity index (χ1) is 9.59. The van der Waals surface area contributed by atoms with Crippen LogP contribution in [0.4, 0.5) is 0 Å². The standard InChI is InChI=1S/C12H9N5O3/c1-16-11(18)8-10(17(20)12(16)19)15-14-9(13-8)7-5-3-2-4-6-7/h2-6,20H,1H3. The number of benzene rings is 1. The SMILES string of the molecule is Cn1c(=O)c2nc(-c3ccccc3)nnc2n(O)c1=O. The summed E-state index contributed by atoms with van der Waals surface area (Å²) in [6.45, 7) is 0. The summed E-state index contributed by atoms with van der Waals surface area (Å²) in [6, 6.07) is 8.97. The van der Waals surface area contributed by atoms with Gasteiger partial charge in [-0.25, -0.2) is 9.78 Å². The molecular formula is C12H9N5O3. The first-order valence-corrected chi connectivity index (χ1v) is 5.70. The lowest BCUT2D eigenvalue weighted by Gasteiger charge is -2.05. The zero-order valence-electron chi connectivity index (χ0n) is 10.4. The number of aromatic nitrogens is 5. The van der Waals surface area contributed by atoms with Crippen molar-refractivity contribution in [1.82, 2.24) is 24.5 Å². The third kappa shape index (κ3) is 1.66. The number of hydrogen-bond acceptors (Lipinski definition) is 6. The average molecular weight is 271 g/mol. The normalized spacial score (nSPS) is 10.8. The van der Waals surface area contributed by atoms with Gasteiger partial charge < -0.3 is 5.21 Å². The zero-order valence-corrected chi connectivity index (χ0v) is 10.4. The van der Waals surface area contributed by atoms with Crippen LogP contribution >= 0.6 is 0 Å². The molecule has 20 heavy (non-hydrogen) atoms. The molecule has 3 aromatic rings. The molecule has 0 amide bonds. The van der Waals surface area contributed by atoms with Crippen molar-refractivity contribution < 1.29 is 5.21 Å². The highest BCUT2D eigenvalue weighted by Crippen LogP contribution is 2.13. The number of nitrogens with zero attached hydrogens (tertiary/aromatic N) is 5. The number of rotatable bonds is 1. The molecule has 0 saturated carbocycles. The van der Waals surface area contributed by atoms with E-state index < -0.39 is 11.2 Å². The molecule has 0 saturated heterocycles. The van der Waals surface area contributed by atoms with Gasteiger partial charge in [0, 0.05) is 12.6 Å². The van der Waals surface area contributed by atoms with E-state index in [9.17, 15) is 14.8 Å². The van der Waals surface area contributed by atoms with E-state index in [1.165, 1.54) is 7.05 Å². The fourth-order valence-electron chi connectivity index (χ4n) is 1.79. The quantitative estimate of drug-likeness (QED) is 0.614. The van der Waals surface area contributed by atoms with E-state index in [1.54, 1.807) is 24.3 Å². The van der Waals surface area contributed by atoms with Gasteiger partial charge in [-0.3, -0.25) is 9.36 Å². The highest BCUT2D eigenvalue weighted by molar-refractivity contribution is 5.70. The van der Waals surface area contributed by atoms with Gasteiger partial charge in [-0.1, -0.05) is 30.3 Å². The lowest BCUT2D eigenvalue weighted by atomic mass is 10.2. The van der Waals surface area contributed by atoms with E-state index in [1.807, 2.05) is 6.07 Å². The van der Waals surface area contributed by atoms with Gasteiger partial charge in [0.15, 0.2) is 11.3 Å². The Bertz CT molecular complexity index is 914. The molecule has 2 aromatic heterocycles. The van der Waals surface area contributed by atoms with Crippen molar-refractivity contribution in [3.05, 3.63) is 51.2 Å². The Balaban J connectivity index is 2.38. The lowest BCUT2D eigenvalue weighted by molar-refractivity contribution is 0.176. The van der Waals surface area contributed by atoms with Gasteiger partial charge in [-0.2, -0.15) is 0 Å². The smallest absolute Gasteiger partial charge is 0.365 e. The van der Waals surface area contributed by atoms with Crippen LogP contribution in [0, 0.1) is 0 Å². The minimum absolute atomic E-state index is 0.122. The molecule has 1 N–H and O–H groups in total. The second-order valence-electron chi connectivity index (χ2n) is 4.13. The van der Waals surface area contributed by atoms with Gasteiger partial charge in [0.2, 0.25) is 5.65 Å². The summed E-state index contributed by atoms with van der Waals surface area (Å²) in [5.41, 5.74) is -1.24. The van der Waals surface area contributed by atoms with E-state index in [4.69, 9.17) is 0 Å². The lowest BCUT2D eigenvalue weighted by Crippen LogP contribution is -2.38. The van der Waals surface area contributed by atoms with Crippen LogP contribution in [-0.4, -0.2) is 29.7 Å². The van der Waals surface area contributed by atoms with Crippen molar-refractivity contribution in [2.45, 2.75) is 0 Å². The molecule has 8 nitrogen and oxygen atoms in total. The molecule has 0 fully saturated rings. The van der Waals surface area contributed by atoms with Crippen molar-refractivity contribution in [2.24, 2.45) is 7.05 Å². The summed E-state index contributed by atoms with van der Waals surface area (Å²) in [4.78, 5) is 27.6. The van der Waals surface area contributed by atoms with Gasteiger partial charge in [0.1, 0.15) is 0 Å². The minimum Gasteiger partial charge on any atom is -0.422 e. The first-order valence-electron chi connectivity index (χ1n) is 5.70. The van der Waals surface area contributed by atoms with Crippen molar-refractivity contribution in [3.63, 3.8) is 0 Å². The second-order valence-corrected chi connectivity index (χ2v) is 4.13. The van der Waals surface area contributed by atoms with Crippen LogP contribution < -0.4 is 11.2 Å². The molecule has 0 unspecified atom stereocenters. The molecule has 0 bridgehead atoms. The monoisotopic (exact) mass is 271 g/mol. The fourth-order valence-corrected chi connectivity index (χ4v) is 1.79. The molecule has 2 heterocycles. The third-order valence-electron chi connectivity index (χ3n) is 2.88. The van der Waals surface area contributed by atoms with Crippen LogP contribution in [0.15, 0.2) is 39.9 Å².